The van der Waals surface area contributed by atoms with Gasteiger partial charge in [-0.25, -0.2) is 4.98 Å². The van der Waals surface area contributed by atoms with Gasteiger partial charge in [0.05, 0.1) is 29.3 Å². The van der Waals surface area contributed by atoms with E-state index in [1.165, 1.54) is 5.56 Å². The molecule has 0 radical (unpaired) electrons. The summed E-state index contributed by atoms with van der Waals surface area (Å²) in [6, 6.07) is 12.4. The summed E-state index contributed by atoms with van der Waals surface area (Å²) in [5.74, 6) is 1.12. The lowest BCUT2D eigenvalue weighted by molar-refractivity contribution is -0.129. The maximum Gasteiger partial charge on any atom is 0.225 e. The van der Waals surface area contributed by atoms with Crippen molar-refractivity contribution in [2.75, 3.05) is 18.0 Å². The average molecular weight is 359 g/mol. The lowest BCUT2D eigenvalue weighted by Gasteiger charge is -2.26. The molecule has 6 nitrogen and oxygen atoms in total. The minimum atomic E-state index is 0.196. The molecule has 2 fully saturated rings. The average Bonchev–Trinajstić information content (AvgIpc) is 3.25. The Hall–Kier alpha value is -3.02. The van der Waals surface area contributed by atoms with Crippen molar-refractivity contribution in [3.63, 3.8) is 0 Å². The van der Waals surface area contributed by atoms with Gasteiger partial charge in [0, 0.05) is 31.9 Å². The second-order valence-electron chi connectivity index (χ2n) is 7.24. The molecule has 0 N–H and O–H groups in total. The molecular weight excluding hydrogens is 338 g/mol. The first-order valence-electron chi connectivity index (χ1n) is 9.46. The lowest BCUT2D eigenvalue weighted by atomic mass is 10.1. The van der Waals surface area contributed by atoms with Crippen molar-refractivity contribution in [1.82, 2.24) is 19.9 Å². The van der Waals surface area contributed by atoms with E-state index < -0.39 is 0 Å². The summed E-state index contributed by atoms with van der Waals surface area (Å²) in [6.07, 6.45) is 7.89. The first-order valence-corrected chi connectivity index (χ1v) is 9.46. The van der Waals surface area contributed by atoms with Gasteiger partial charge in [0.2, 0.25) is 5.91 Å². The first kappa shape index (κ1) is 16.2. The number of hydrogen-bond donors (Lipinski definition) is 0. The SMILES string of the molecule is O=C1C[C@H]2[C@H](CCN2c2cnc3ccccc3n2)N1CCc1cccnc1. The fourth-order valence-electron chi connectivity index (χ4n) is 4.38. The molecule has 0 unspecified atom stereocenters. The molecular formula is C21H21N5O. The van der Waals surface area contributed by atoms with Crippen molar-refractivity contribution < 1.29 is 4.79 Å². The normalized spacial score (nSPS) is 21.9. The molecule has 1 aromatic carbocycles. The van der Waals surface area contributed by atoms with E-state index in [4.69, 9.17) is 4.98 Å². The zero-order chi connectivity index (χ0) is 18.2. The van der Waals surface area contributed by atoms with Crippen LogP contribution in [0.2, 0.25) is 0 Å². The molecule has 2 aromatic heterocycles. The highest BCUT2D eigenvalue weighted by Crippen LogP contribution is 2.35. The van der Waals surface area contributed by atoms with Gasteiger partial charge in [-0.2, -0.15) is 0 Å². The fourth-order valence-corrected chi connectivity index (χ4v) is 4.38. The number of carbonyl (C=O) groups is 1. The second-order valence-corrected chi connectivity index (χ2v) is 7.24. The molecule has 0 aliphatic carbocycles. The molecule has 0 spiro atoms. The molecule has 27 heavy (non-hydrogen) atoms. The zero-order valence-electron chi connectivity index (χ0n) is 15.0. The molecule has 4 heterocycles. The number of amides is 1. The van der Waals surface area contributed by atoms with Crippen LogP contribution in [0.5, 0.6) is 0 Å². The third-order valence-corrected chi connectivity index (χ3v) is 5.71. The standard InChI is InChI=1S/C21H21N5O/c27-21-12-19-18(26(21)10-7-15-4-3-9-22-13-15)8-11-25(19)20-14-23-16-5-1-2-6-17(16)24-20/h1-6,9,13-14,18-19H,7-8,10-12H2/t18-,19-/m0/s1. The molecule has 0 bridgehead atoms. The van der Waals surface area contributed by atoms with E-state index in [0.717, 1.165) is 42.8 Å². The number of aromatic nitrogens is 3. The van der Waals surface area contributed by atoms with E-state index in [9.17, 15) is 4.79 Å². The topological polar surface area (TPSA) is 62.2 Å². The Bertz CT molecular complexity index is 976. The van der Waals surface area contributed by atoms with Crippen LogP contribution in [0.25, 0.3) is 11.0 Å². The molecule has 2 aliphatic heterocycles. The third-order valence-electron chi connectivity index (χ3n) is 5.71. The van der Waals surface area contributed by atoms with Crippen LogP contribution < -0.4 is 4.90 Å². The van der Waals surface area contributed by atoms with Gasteiger partial charge < -0.3 is 9.80 Å². The minimum absolute atomic E-state index is 0.196. The van der Waals surface area contributed by atoms with E-state index in [2.05, 4.69) is 25.8 Å². The number of benzene rings is 1. The Balaban J connectivity index is 1.34. The molecule has 3 aromatic rings. The summed E-state index contributed by atoms with van der Waals surface area (Å²) in [5.41, 5.74) is 2.97. The maximum atomic E-state index is 12.6. The van der Waals surface area contributed by atoms with Crippen molar-refractivity contribution in [2.45, 2.75) is 31.3 Å². The van der Waals surface area contributed by atoms with E-state index in [1.807, 2.05) is 42.7 Å². The van der Waals surface area contributed by atoms with Crippen molar-refractivity contribution in [2.24, 2.45) is 0 Å². The van der Waals surface area contributed by atoms with Gasteiger partial charge in [0.15, 0.2) is 0 Å². The van der Waals surface area contributed by atoms with Gasteiger partial charge in [0.25, 0.3) is 0 Å². The smallest absolute Gasteiger partial charge is 0.225 e. The highest BCUT2D eigenvalue weighted by atomic mass is 16.2. The van der Waals surface area contributed by atoms with E-state index >= 15 is 0 Å². The van der Waals surface area contributed by atoms with E-state index in [1.54, 1.807) is 6.20 Å². The number of hydrogen-bond acceptors (Lipinski definition) is 5. The minimum Gasteiger partial charge on any atom is -0.350 e. The molecule has 5 rings (SSSR count). The summed E-state index contributed by atoms with van der Waals surface area (Å²) >= 11 is 0. The number of carbonyl (C=O) groups excluding carboxylic acids is 1. The Morgan fingerprint density at radius 3 is 2.78 bits per heavy atom. The molecule has 1 amide bonds. The molecule has 2 atom stereocenters. The van der Waals surface area contributed by atoms with Gasteiger partial charge in [-0.1, -0.05) is 18.2 Å². The Labute approximate surface area is 157 Å². The van der Waals surface area contributed by atoms with Crippen LogP contribution >= 0.6 is 0 Å². The van der Waals surface area contributed by atoms with Crippen LogP contribution in [0.1, 0.15) is 18.4 Å². The number of pyridine rings is 1. The Kier molecular flexibility index (Phi) is 3.96. The molecule has 136 valence electrons. The van der Waals surface area contributed by atoms with E-state index in [0.29, 0.717) is 6.42 Å². The molecule has 0 saturated carbocycles. The number of rotatable bonds is 4. The summed E-state index contributed by atoms with van der Waals surface area (Å²) in [7, 11) is 0. The monoisotopic (exact) mass is 359 g/mol. The number of para-hydroxylation sites is 2. The summed E-state index contributed by atoms with van der Waals surface area (Å²) in [4.78, 5) is 30.5. The highest BCUT2D eigenvalue weighted by Gasteiger charge is 2.46. The third kappa shape index (κ3) is 2.91. The summed E-state index contributed by atoms with van der Waals surface area (Å²) in [5, 5.41) is 0. The van der Waals surface area contributed by atoms with Gasteiger partial charge >= 0.3 is 0 Å². The van der Waals surface area contributed by atoms with Crippen molar-refractivity contribution >= 4 is 22.8 Å². The van der Waals surface area contributed by atoms with Gasteiger partial charge in [-0.3, -0.25) is 14.8 Å². The van der Waals surface area contributed by atoms with E-state index in [-0.39, 0.29) is 18.0 Å². The van der Waals surface area contributed by atoms with Crippen LogP contribution in [0, 0.1) is 0 Å². The summed E-state index contributed by atoms with van der Waals surface area (Å²) in [6.45, 7) is 1.67. The number of fused-ring (bicyclic) bond motifs is 2. The largest absolute Gasteiger partial charge is 0.350 e. The number of nitrogens with zero attached hydrogens (tertiary/aromatic N) is 5. The first-order chi connectivity index (χ1) is 13.3. The van der Waals surface area contributed by atoms with Crippen LogP contribution in [-0.2, 0) is 11.2 Å². The van der Waals surface area contributed by atoms with Crippen LogP contribution in [-0.4, -0.2) is 50.9 Å². The van der Waals surface area contributed by atoms with Crippen LogP contribution in [0.4, 0.5) is 5.82 Å². The number of anilines is 1. The predicted molar refractivity (Wildman–Crippen MR) is 103 cm³/mol. The Morgan fingerprint density at radius 2 is 1.93 bits per heavy atom. The molecule has 2 saturated heterocycles. The Morgan fingerprint density at radius 1 is 1.04 bits per heavy atom. The van der Waals surface area contributed by atoms with Gasteiger partial charge in [-0.05, 0) is 36.6 Å². The predicted octanol–water partition coefficient (Wildman–Crippen LogP) is 2.45. The van der Waals surface area contributed by atoms with Gasteiger partial charge in [0.1, 0.15) is 5.82 Å². The highest BCUT2D eigenvalue weighted by molar-refractivity contribution is 5.82. The lowest BCUT2D eigenvalue weighted by Crippen LogP contribution is -2.38. The van der Waals surface area contributed by atoms with Gasteiger partial charge in [-0.15, -0.1) is 0 Å². The zero-order valence-corrected chi connectivity index (χ0v) is 15.0. The van der Waals surface area contributed by atoms with Crippen molar-refractivity contribution in [3.05, 3.63) is 60.6 Å². The van der Waals surface area contributed by atoms with Crippen molar-refractivity contribution in [1.29, 1.82) is 0 Å². The quantitative estimate of drug-likeness (QED) is 0.716. The fraction of sp³-hybridized carbons (Fsp3) is 0.333. The molecule has 6 heteroatoms. The molecule has 2 aliphatic rings. The van der Waals surface area contributed by atoms with Crippen LogP contribution in [0.3, 0.4) is 0 Å². The maximum absolute atomic E-state index is 12.6. The second kappa shape index (κ2) is 6.61. The summed E-state index contributed by atoms with van der Waals surface area (Å²) < 4.78 is 0. The van der Waals surface area contributed by atoms with Crippen molar-refractivity contribution in [3.8, 4) is 0 Å². The number of likely N-dealkylation sites (tertiary alicyclic amines) is 1. The van der Waals surface area contributed by atoms with Crippen LogP contribution in [0.15, 0.2) is 55.0 Å².